The van der Waals surface area contributed by atoms with Gasteiger partial charge in [-0.15, -0.1) is 0 Å². The maximum Gasteiger partial charge on any atom is 0.272 e. The molecule has 0 bridgehead atoms. The summed E-state index contributed by atoms with van der Waals surface area (Å²) in [6, 6.07) is 13.7. The van der Waals surface area contributed by atoms with E-state index in [1.807, 2.05) is 49.3 Å². The molecule has 3 heterocycles. The summed E-state index contributed by atoms with van der Waals surface area (Å²) < 4.78 is 5.43. The third-order valence-electron chi connectivity index (χ3n) is 6.59. The first-order valence-corrected chi connectivity index (χ1v) is 11.6. The molecule has 3 aromatic rings. The van der Waals surface area contributed by atoms with Crippen molar-refractivity contribution in [2.45, 2.75) is 38.8 Å². The molecule has 4 rings (SSSR count). The number of likely N-dealkylation sites (N-methyl/N-ethyl adjacent to an activating group) is 1. The molecule has 33 heavy (non-hydrogen) atoms. The molecule has 1 aromatic carbocycles. The van der Waals surface area contributed by atoms with Crippen molar-refractivity contribution < 1.29 is 9.53 Å². The van der Waals surface area contributed by atoms with Gasteiger partial charge in [-0.1, -0.05) is 18.2 Å². The molecule has 0 saturated carbocycles. The smallest absolute Gasteiger partial charge is 0.272 e. The fraction of sp³-hybridized carbons (Fsp3) is 0.423. The number of rotatable bonds is 8. The molecule has 1 fully saturated rings. The topological polar surface area (TPSA) is 74.3 Å². The zero-order valence-electron chi connectivity index (χ0n) is 19.7. The number of hydrogen-bond acceptors (Lipinski definition) is 5. The van der Waals surface area contributed by atoms with Crippen LogP contribution in [0.25, 0.3) is 0 Å². The van der Waals surface area contributed by atoms with Gasteiger partial charge in [-0.2, -0.15) is 0 Å². The van der Waals surface area contributed by atoms with Gasteiger partial charge in [0.2, 0.25) is 0 Å². The number of aromatic amines is 1. The molecule has 1 amide bonds. The van der Waals surface area contributed by atoms with Crippen LogP contribution < -0.4 is 4.74 Å². The molecule has 174 valence electrons. The molecule has 7 heteroatoms. The lowest BCUT2D eigenvalue weighted by Crippen LogP contribution is -2.47. The lowest BCUT2D eigenvalue weighted by atomic mass is 9.84. The van der Waals surface area contributed by atoms with E-state index in [0.717, 1.165) is 56.2 Å². The normalized spacial score (nSPS) is 15.8. The molecule has 0 spiro atoms. The van der Waals surface area contributed by atoms with E-state index in [2.05, 4.69) is 32.0 Å². The second kappa shape index (κ2) is 10.6. The third-order valence-corrected chi connectivity index (χ3v) is 6.59. The first kappa shape index (κ1) is 23.0. The second-order valence-corrected chi connectivity index (χ2v) is 8.88. The van der Waals surface area contributed by atoms with E-state index in [0.29, 0.717) is 11.6 Å². The third kappa shape index (κ3) is 5.79. The van der Waals surface area contributed by atoms with Gasteiger partial charge in [-0.05, 0) is 75.0 Å². The van der Waals surface area contributed by atoms with Crippen LogP contribution in [0.2, 0.25) is 0 Å². The van der Waals surface area contributed by atoms with Gasteiger partial charge in [0.05, 0.1) is 13.7 Å². The van der Waals surface area contributed by atoms with Gasteiger partial charge in [0.15, 0.2) is 0 Å². The number of benzene rings is 1. The fourth-order valence-corrected chi connectivity index (χ4v) is 4.74. The van der Waals surface area contributed by atoms with Crippen LogP contribution in [-0.4, -0.2) is 63.9 Å². The Labute approximate surface area is 195 Å². The van der Waals surface area contributed by atoms with Gasteiger partial charge >= 0.3 is 0 Å². The summed E-state index contributed by atoms with van der Waals surface area (Å²) in [7, 11) is 3.60. The maximum atomic E-state index is 13.3. The van der Waals surface area contributed by atoms with Crippen molar-refractivity contribution >= 4 is 5.91 Å². The van der Waals surface area contributed by atoms with Crippen LogP contribution in [0.3, 0.4) is 0 Å². The molecule has 1 aliphatic heterocycles. The summed E-state index contributed by atoms with van der Waals surface area (Å²) in [4.78, 5) is 29.7. The molecule has 1 atom stereocenters. The number of methoxy groups -OCH3 is 1. The minimum atomic E-state index is -0.0306. The number of piperidine rings is 1. The molecule has 7 nitrogen and oxygen atoms in total. The van der Waals surface area contributed by atoms with E-state index in [-0.39, 0.29) is 11.9 Å². The lowest BCUT2D eigenvalue weighted by molar-refractivity contribution is 0.0578. The van der Waals surface area contributed by atoms with Crippen molar-refractivity contribution in [2.24, 2.45) is 5.92 Å². The van der Waals surface area contributed by atoms with Gasteiger partial charge in [-0.25, -0.2) is 4.98 Å². The van der Waals surface area contributed by atoms with Gasteiger partial charge in [0.25, 0.3) is 5.91 Å². The van der Waals surface area contributed by atoms with Crippen LogP contribution >= 0.6 is 0 Å². The van der Waals surface area contributed by atoms with E-state index in [4.69, 9.17) is 4.74 Å². The maximum absolute atomic E-state index is 13.3. The van der Waals surface area contributed by atoms with E-state index in [9.17, 15) is 4.79 Å². The van der Waals surface area contributed by atoms with Crippen molar-refractivity contribution in [1.29, 1.82) is 0 Å². The van der Waals surface area contributed by atoms with E-state index in [1.54, 1.807) is 19.4 Å². The van der Waals surface area contributed by atoms with Crippen molar-refractivity contribution in [3.63, 3.8) is 0 Å². The monoisotopic (exact) mass is 447 g/mol. The largest absolute Gasteiger partial charge is 0.497 e. The Morgan fingerprint density at radius 3 is 2.70 bits per heavy atom. The summed E-state index contributed by atoms with van der Waals surface area (Å²) in [6.07, 6.45) is 6.41. The first-order valence-electron chi connectivity index (χ1n) is 11.6. The van der Waals surface area contributed by atoms with Crippen molar-refractivity contribution in [3.8, 4) is 5.75 Å². The number of pyridine rings is 1. The Hall–Kier alpha value is -3.19. The van der Waals surface area contributed by atoms with Crippen LogP contribution in [0.1, 0.15) is 40.4 Å². The van der Waals surface area contributed by atoms with Gasteiger partial charge in [-0.3, -0.25) is 14.7 Å². The van der Waals surface area contributed by atoms with Crippen LogP contribution in [0.5, 0.6) is 5.75 Å². The number of aromatic nitrogens is 3. The highest BCUT2D eigenvalue weighted by molar-refractivity contribution is 5.92. The standard InChI is InChI=1S/C26H33N5O2/c1-19-17-28-25(29-19)18-31-13-10-21(11-14-31)24(16-20-7-6-8-22(15-20)33-3)30(2)26(32)23-9-4-5-12-27-23/h4-9,12,15,17,21,24H,10-11,13-14,16,18H2,1-3H3,(H,28,29). The number of carbonyl (C=O) groups is 1. The SMILES string of the molecule is COc1cccc(CC(C2CCN(Cc3ncc(C)[nH]3)CC2)N(C)C(=O)c2ccccn2)c1. The Kier molecular flexibility index (Phi) is 7.40. The number of ether oxygens (including phenoxy) is 1. The molecule has 1 saturated heterocycles. The predicted molar refractivity (Wildman–Crippen MR) is 128 cm³/mol. The van der Waals surface area contributed by atoms with Crippen LogP contribution in [0, 0.1) is 12.8 Å². The molecule has 0 aliphatic carbocycles. The number of imidazole rings is 1. The zero-order chi connectivity index (χ0) is 23.2. The molecule has 0 radical (unpaired) electrons. The lowest BCUT2D eigenvalue weighted by Gasteiger charge is -2.40. The Morgan fingerprint density at radius 1 is 1.21 bits per heavy atom. The Balaban J connectivity index is 1.49. The fourth-order valence-electron chi connectivity index (χ4n) is 4.74. The zero-order valence-corrected chi connectivity index (χ0v) is 19.7. The number of nitrogens with zero attached hydrogens (tertiary/aromatic N) is 4. The second-order valence-electron chi connectivity index (χ2n) is 8.88. The van der Waals surface area contributed by atoms with Gasteiger partial charge < -0.3 is 14.6 Å². The number of nitrogens with one attached hydrogen (secondary N) is 1. The number of hydrogen-bond donors (Lipinski definition) is 1. The van der Waals surface area contributed by atoms with Crippen LogP contribution in [0.4, 0.5) is 0 Å². The summed E-state index contributed by atoms with van der Waals surface area (Å²) in [5, 5.41) is 0. The average Bonchev–Trinajstić information content (AvgIpc) is 3.27. The Bertz CT molecular complexity index is 1040. The number of aryl methyl sites for hydroxylation is 1. The van der Waals surface area contributed by atoms with Gasteiger partial charge in [0.1, 0.15) is 17.3 Å². The highest BCUT2D eigenvalue weighted by Gasteiger charge is 2.32. The molecular formula is C26H33N5O2. The summed E-state index contributed by atoms with van der Waals surface area (Å²) in [5.74, 6) is 2.23. The molecule has 2 aromatic heterocycles. The van der Waals surface area contributed by atoms with Crippen LogP contribution in [0.15, 0.2) is 54.9 Å². The summed E-state index contributed by atoms with van der Waals surface area (Å²) >= 11 is 0. The number of amides is 1. The summed E-state index contributed by atoms with van der Waals surface area (Å²) in [5.41, 5.74) is 2.75. The number of likely N-dealkylation sites (tertiary alicyclic amines) is 1. The van der Waals surface area contributed by atoms with E-state index in [1.165, 1.54) is 5.56 Å². The first-order chi connectivity index (χ1) is 16.0. The molecule has 1 aliphatic rings. The number of H-pyrrole nitrogens is 1. The summed E-state index contributed by atoms with van der Waals surface area (Å²) in [6.45, 7) is 4.85. The van der Waals surface area contributed by atoms with Gasteiger partial charge in [0, 0.05) is 31.2 Å². The van der Waals surface area contributed by atoms with Crippen LogP contribution in [-0.2, 0) is 13.0 Å². The predicted octanol–water partition coefficient (Wildman–Crippen LogP) is 3.72. The minimum Gasteiger partial charge on any atom is -0.497 e. The Morgan fingerprint density at radius 2 is 2.03 bits per heavy atom. The quantitative estimate of drug-likeness (QED) is 0.570. The average molecular weight is 448 g/mol. The highest BCUT2D eigenvalue weighted by Crippen LogP contribution is 2.28. The van der Waals surface area contributed by atoms with E-state index >= 15 is 0 Å². The van der Waals surface area contributed by atoms with Crippen molar-refractivity contribution in [3.05, 3.63) is 77.6 Å². The van der Waals surface area contributed by atoms with Crippen molar-refractivity contribution in [1.82, 2.24) is 24.8 Å². The van der Waals surface area contributed by atoms with E-state index < -0.39 is 0 Å². The highest BCUT2D eigenvalue weighted by atomic mass is 16.5. The van der Waals surface area contributed by atoms with Crippen molar-refractivity contribution in [2.75, 3.05) is 27.2 Å². The number of carbonyl (C=O) groups excluding carboxylic acids is 1. The molecular weight excluding hydrogens is 414 g/mol. The molecule has 1 unspecified atom stereocenters. The minimum absolute atomic E-state index is 0.0306. The molecule has 1 N–H and O–H groups in total.